The molecule has 0 aliphatic carbocycles. The van der Waals surface area contributed by atoms with Gasteiger partial charge in [-0.3, -0.25) is 10.2 Å². The summed E-state index contributed by atoms with van der Waals surface area (Å²) in [6, 6.07) is 5.38. The van der Waals surface area contributed by atoms with Crippen LogP contribution >= 0.6 is 0 Å². The summed E-state index contributed by atoms with van der Waals surface area (Å²) in [7, 11) is 5.46. The van der Waals surface area contributed by atoms with E-state index in [1.54, 1.807) is 25.4 Å². The van der Waals surface area contributed by atoms with Gasteiger partial charge in [-0.25, -0.2) is 9.99 Å². The van der Waals surface area contributed by atoms with Crippen LogP contribution in [0.5, 0.6) is 0 Å². The first-order valence-electron chi connectivity index (χ1n) is 6.10. The molecule has 0 saturated carbocycles. The average molecular weight is 261 g/mol. The number of benzene rings is 1. The highest BCUT2D eigenvalue weighted by Gasteiger charge is 2.15. The Kier molecular flexibility index (Phi) is 3.82. The lowest BCUT2D eigenvalue weighted by Gasteiger charge is -2.16. The van der Waals surface area contributed by atoms with E-state index in [1.165, 1.54) is 0 Å². The molecule has 1 amide bonds. The number of hydrazine groups is 1. The molecule has 1 heterocycles. The Morgan fingerprint density at radius 2 is 2.26 bits per heavy atom. The van der Waals surface area contributed by atoms with Gasteiger partial charge in [0.1, 0.15) is 0 Å². The summed E-state index contributed by atoms with van der Waals surface area (Å²) in [5.74, 6) is -0.189. The molecular weight excluding hydrogens is 242 g/mol. The fourth-order valence-corrected chi connectivity index (χ4v) is 1.96. The number of nitrogens with two attached hydrogens (primary N) is 1. The molecule has 0 radical (unpaired) electrons. The van der Waals surface area contributed by atoms with E-state index in [0.29, 0.717) is 6.42 Å². The molecule has 3 N–H and O–H groups in total. The number of hydrogen-bond acceptors (Lipinski definition) is 4. The van der Waals surface area contributed by atoms with Gasteiger partial charge in [0.05, 0.1) is 23.4 Å². The lowest BCUT2D eigenvalue weighted by atomic mass is 10.1. The summed E-state index contributed by atoms with van der Waals surface area (Å²) in [5.41, 5.74) is 11.5. The number of fused-ring (bicyclic) bond motifs is 1. The number of carbonyl (C=O) groups excluding carboxylic acids is 1. The van der Waals surface area contributed by atoms with Crippen molar-refractivity contribution in [3.8, 4) is 0 Å². The number of aromatic nitrogens is 2. The Morgan fingerprint density at radius 3 is 2.95 bits per heavy atom. The molecule has 2 aromatic rings. The molecular formula is C13H19N5O. The first kappa shape index (κ1) is 13.5. The van der Waals surface area contributed by atoms with Gasteiger partial charge in [0.2, 0.25) is 0 Å². The Balaban J connectivity index is 2.10. The third kappa shape index (κ3) is 3.10. The van der Waals surface area contributed by atoms with Gasteiger partial charge in [-0.05, 0) is 24.1 Å². The van der Waals surface area contributed by atoms with E-state index in [2.05, 4.69) is 10.4 Å². The van der Waals surface area contributed by atoms with Crippen LogP contribution in [0.4, 0.5) is 0 Å². The largest absolute Gasteiger partial charge is 0.334 e. The second-order valence-corrected chi connectivity index (χ2v) is 4.86. The van der Waals surface area contributed by atoms with E-state index >= 15 is 0 Å². The minimum atomic E-state index is -0.566. The van der Waals surface area contributed by atoms with Gasteiger partial charge in [-0.15, -0.1) is 0 Å². The molecule has 0 aliphatic heterocycles. The van der Waals surface area contributed by atoms with Gasteiger partial charge in [0.15, 0.2) is 0 Å². The third-order valence-electron chi connectivity index (χ3n) is 2.92. The van der Waals surface area contributed by atoms with E-state index < -0.39 is 6.04 Å². The predicted octanol–water partition coefficient (Wildman–Crippen LogP) is 0.0359. The van der Waals surface area contributed by atoms with Crippen LogP contribution in [0.15, 0.2) is 24.5 Å². The lowest BCUT2D eigenvalue weighted by Crippen LogP contribution is -2.47. The van der Waals surface area contributed by atoms with Gasteiger partial charge < -0.3 is 10.3 Å². The molecule has 1 unspecified atom stereocenters. The molecule has 1 atom stereocenters. The number of hydrogen-bond donors (Lipinski definition) is 2. The number of carbonyl (C=O) groups is 1. The van der Waals surface area contributed by atoms with Crippen LogP contribution in [0.2, 0.25) is 0 Å². The van der Waals surface area contributed by atoms with Crippen LogP contribution in [0, 0.1) is 0 Å². The van der Waals surface area contributed by atoms with Crippen molar-refractivity contribution in [2.75, 3.05) is 14.1 Å². The smallest absolute Gasteiger partial charge is 0.251 e. The monoisotopic (exact) mass is 261 g/mol. The quantitative estimate of drug-likeness (QED) is 0.762. The molecule has 1 aromatic heterocycles. The lowest BCUT2D eigenvalue weighted by molar-refractivity contribution is -0.126. The normalized spacial score (nSPS) is 12.9. The van der Waals surface area contributed by atoms with Crippen molar-refractivity contribution in [2.24, 2.45) is 12.8 Å². The minimum Gasteiger partial charge on any atom is -0.334 e. The number of amides is 1. The van der Waals surface area contributed by atoms with Crippen molar-refractivity contribution in [3.63, 3.8) is 0 Å². The zero-order valence-corrected chi connectivity index (χ0v) is 11.4. The topological polar surface area (TPSA) is 76.2 Å². The fraction of sp³-hybridized carbons (Fsp3) is 0.385. The van der Waals surface area contributed by atoms with Crippen LogP contribution in [0.1, 0.15) is 5.56 Å². The standard InChI is InChI=1S/C13H19N5O/c1-17(2)16-13(19)10(14)6-9-4-5-12-11(7-9)15-8-18(12)3/h4-5,7-8,10H,6,14H2,1-3H3,(H,16,19). The van der Waals surface area contributed by atoms with E-state index in [1.807, 2.05) is 29.8 Å². The summed E-state index contributed by atoms with van der Waals surface area (Å²) < 4.78 is 1.96. The van der Waals surface area contributed by atoms with E-state index in [4.69, 9.17) is 5.73 Å². The molecule has 0 aliphatic rings. The van der Waals surface area contributed by atoms with Gasteiger partial charge in [0, 0.05) is 21.1 Å². The highest BCUT2D eigenvalue weighted by Crippen LogP contribution is 2.14. The number of aryl methyl sites for hydroxylation is 1. The maximum atomic E-state index is 11.7. The van der Waals surface area contributed by atoms with Crippen LogP contribution in [-0.4, -0.2) is 40.6 Å². The summed E-state index contributed by atoms with van der Waals surface area (Å²) in [5, 5.41) is 1.59. The molecule has 102 valence electrons. The first-order valence-corrected chi connectivity index (χ1v) is 6.10. The zero-order chi connectivity index (χ0) is 14.0. The van der Waals surface area contributed by atoms with Crippen LogP contribution in [0.25, 0.3) is 11.0 Å². The van der Waals surface area contributed by atoms with Crippen LogP contribution < -0.4 is 11.2 Å². The fourth-order valence-electron chi connectivity index (χ4n) is 1.96. The van der Waals surface area contributed by atoms with Crippen LogP contribution in [0.3, 0.4) is 0 Å². The minimum absolute atomic E-state index is 0.189. The predicted molar refractivity (Wildman–Crippen MR) is 74.2 cm³/mol. The third-order valence-corrected chi connectivity index (χ3v) is 2.92. The number of nitrogens with zero attached hydrogens (tertiary/aromatic N) is 3. The Morgan fingerprint density at radius 1 is 1.53 bits per heavy atom. The SMILES string of the molecule is CN(C)NC(=O)C(N)Cc1ccc2c(c1)ncn2C. The molecule has 0 bridgehead atoms. The Bertz CT molecular complexity index is 590. The second kappa shape index (κ2) is 5.38. The summed E-state index contributed by atoms with van der Waals surface area (Å²) >= 11 is 0. The van der Waals surface area contributed by atoms with Crippen molar-refractivity contribution in [1.82, 2.24) is 20.0 Å². The molecule has 2 rings (SSSR count). The van der Waals surface area contributed by atoms with Crippen LogP contribution in [-0.2, 0) is 18.3 Å². The summed E-state index contributed by atoms with van der Waals surface area (Å²) in [6.07, 6.45) is 2.26. The van der Waals surface area contributed by atoms with Crippen molar-refractivity contribution < 1.29 is 4.79 Å². The Hall–Kier alpha value is -1.92. The highest BCUT2D eigenvalue weighted by atomic mass is 16.2. The van der Waals surface area contributed by atoms with Crippen molar-refractivity contribution in [3.05, 3.63) is 30.1 Å². The van der Waals surface area contributed by atoms with Gasteiger partial charge in [-0.2, -0.15) is 0 Å². The Labute approximate surface area is 112 Å². The van der Waals surface area contributed by atoms with Gasteiger partial charge >= 0.3 is 0 Å². The van der Waals surface area contributed by atoms with E-state index in [0.717, 1.165) is 16.6 Å². The van der Waals surface area contributed by atoms with Crippen molar-refractivity contribution in [1.29, 1.82) is 0 Å². The van der Waals surface area contributed by atoms with E-state index in [9.17, 15) is 4.79 Å². The average Bonchev–Trinajstić information content (AvgIpc) is 2.70. The maximum Gasteiger partial charge on any atom is 0.251 e. The number of imidazole rings is 1. The molecule has 0 spiro atoms. The first-order chi connectivity index (χ1) is 8.97. The molecule has 6 nitrogen and oxygen atoms in total. The number of nitrogens with one attached hydrogen (secondary N) is 1. The van der Waals surface area contributed by atoms with Crippen molar-refractivity contribution in [2.45, 2.75) is 12.5 Å². The molecule has 1 aromatic carbocycles. The maximum absolute atomic E-state index is 11.7. The van der Waals surface area contributed by atoms with E-state index in [-0.39, 0.29) is 5.91 Å². The second-order valence-electron chi connectivity index (χ2n) is 4.86. The summed E-state index contributed by atoms with van der Waals surface area (Å²) in [4.78, 5) is 16.0. The molecule has 0 fully saturated rings. The zero-order valence-electron chi connectivity index (χ0n) is 11.4. The van der Waals surface area contributed by atoms with Gasteiger partial charge in [0.25, 0.3) is 5.91 Å². The van der Waals surface area contributed by atoms with Gasteiger partial charge in [-0.1, -0.05) is 6.07 Å². The highest BCUT2D eigenvalue weighted by molar-refractivity contribution is 5.82. The molecule has 6 heteroatoms. The molecule has 0 saturated heterocycles. The molecule has 19 heavy (non-hydrogen) atoms. The summed E-state index contributed by atoms with van der Waals surface area (Å²) in [6.45, 7) is 0. The van der Waals surface area contributed by atoms with Crippen molar-refractivity contribution >= 4 is 16.9 Å². The number of rotatable bonds is 4.